The number of halogens is 1. The Morgan fingerprint density at radius 2 is 1.84 bits per heavy atom. The molecule has 0 atom stereocenters. The Morgan fingerprint density at radius 1 is 1.04 bits per heavy atom. The first-order valence-electron chi connectivity index (χ1n) is 8.69. The molecule has 1 amide bonds. The summed E-state index contributed by atoms with van der Waals surface area (Å²) in [6, 6.07) is 14.7. The number of rotatable bonds is 10. The van der Waals surface area contributed by atoms with Crippen LogP contribution in [0, 0.1) is 0 Å². The Hall–Kier alpha value is -2.20. The van der Waals surface area contributed by atoms with Gasteiger partial charge in [-0.3, -0.25) is 4.79 Å². The zero-order chi connectivity index (χ0) is 17.9. The Balaban J connectivity index is 1.71. The highest BCUT2D eigenvalue weighted by Crippen LogP contribution is 2.17. The number of hydrogen-bond donors (Lipinski definition) is 2. The van der Waals surface area contributed by atoms with Gasteiger partial charge in [-0.25, -0.2) is 0 Å². The van der Waals surface area contributed by atoms with Gasteiger partial charge in [-0.05, 0) is 48.9 Å². The van der Waals surface area contributed by atoms with E-state index in [-0.39, 0.29) is 12.5 Å². The lowest BCUT2D eigenvalue weighted by Gasteiger charge is -2.10. The van der Waals surface area contributed by atoms with Crippen molar-refractivity contribution in [2.45, 2.75) is 32.6 Å². The molecule has 4 nitrogen and oxygen atoms in total. The third kappa shape index (κ3) is 7.48. The molecule has 0 unspecified atom stereocenters. The van der Waals surface area contributed by atoms with Gasteiger partial charge in [0.1, 0.15) is 5.75 Å². The molecule has 0 fully saturated rings. The molecule has 0 aliphatic rings. The summed E-state index contributed by atoms with van der Waals surface area (Å²) in [6.45, 7) is 3.13. The van der Waals surface area contributed by atoms with Crippen LogP contribution in [0.3, 0.4) is 0 Å². The number of carbonyl (C=O) groups excluding carboxylic acids is 1. The number of anilines is 2. The van der Waals surface area contributed by atoms with Crippen LogP contribution in [0.2, 0.25) is 5.02 Å². The Labute approximate surface area is 154 Å². The second-order valence-electron chi connectivity index (χ2n) is 5.85. The molecule has 0 saturated heterocycles. The highest BCUT2D eigenvalue weighted by Gasteiger charge is 2.03. The highest BCUT2D eigenvalue weighted by molar-refractivity contribution is 6.30. The maximum absolute atomic E-state index is 12.0. The summed E-state index contributed by atoms with van der Waals surface area (Å²) in [4.78, 5) is 12.0. The monoisotopic (exact) mass is 360 g/mol. The van der Waals surface area contributed by atoms with Crippen LogP contribution in [-0.4, -0.2) is 19.1 Å². The van der Waals surface area contributed by atoms with Gasteiger partial charge in [0.2, 0.25) is 5.91 Å². The smallest absolute Gasteiger partial charge is 0.243 e. The molecule has 0 aliphatic heterocycles. The zero-order valence-corrected chi connectivity index (χ0v) is 15.3. The second-order valence-corrected chi connectivity index (χ2v) is 6.28. The van der Waals surface area contributed by atoms with Crippen molar-refractivity contribution >= 4 is 28.9 Å². The minimum absolute atomic E-state index is 0.126. The molecule has 0 aromatic heterocycles. The van der Waals surface area contributed by atoms with Gasteiger partial charge in [0, 0.05) is 16.4 Å². The van der Waals surface area contributed by atoms with Crippen molar-refractivity contribution in [2.75, 3.05) is 23.8 Å². The summed E-state index contributed by atoms with van der Waals surface area (Å²) < 4.78 is 5.70. The minimum Gasteiger partial charge on any atom is -0.494 e. The molecule has 2 N–H and O–H groups in total. The predicted octanol–water partition coefficient (Wildman–Crippen LogP) is 5.35. The van der Waals surface area contributed by atoms with E-state index in [9.17, 15) is 4.79 Å². The van der Waals surface area contributed by atoms with E-state index in [1.54, 1.807) is 24.3 Å². The van der Waals surface area contributed by atoms with E-state index in [1.165, 1.54) is 19.3 Å². The van der Waals surface area contributed by atoms with Gasteiger partial charge in [-0.2, -0.15) is 0 Å². The largest absolute Gasteiger partial charge is 0.494 e. The molecular weight excluding hydrogens is 336 g/mol. The molecule has 2 aromatic carbocycles. The topological polar surface area (TPSA) is 50.4 Å². The molecule has 25 heavy (non-hydrogen) atoms. The number of nitrogens with one attached hydrogen (secondary N) is 2. The van der Waals surface area contributed by atoms with Gasteiger partial charge in [0.05, 0.1) is 13.2 Å². The standard InChI is InChI=1S/C20H25ClN2O2/c1-2-3-4-5-13-25-19-11-9-17(10-12-19)22-15-20(24)23-18-8-6-7-16(21)14-18/h6-12,14,22H,2-5,13,15H2,1H3,(H,23,24). The average Bonchev–Trinajstić information content (AvgIpc) is 2.61. The van der Waals surface area contributed by atoms with E-state index in [0.717, 1.165) is 24.5 Å². The van der Waals surface area contributed by atoms with E-state index in [1.807, 2.05) is 24.3 Å². The fourth-order valence-corrected chi connectivity index (χ4v) is 2.53. The molecule has 134 valence electrons. The van der Waals surface area contributed by atoms with Gasteiger partial charge in [0.25, 0.3) is 0 Å². The summed E-state index contributed by atoms with van der Waals surface area (Å²) in [5, 5.41) is 6.48. The first-order chi connectivity index (χ1) is 12.2. The van der Waals surface area contributed by atoms with Gasteiger partial charge in [-0.1, -0.05) is 43.9 Å². The SMILES string of the molecule is CCCCCCOc1ccc(NCC(=O)Nc2cccc(Cl)c2)cc1. The van der Waals surface area contributed by atoms with E-state index in [4.69, 9.17) is 16.3 Å². The Kier molecular flexibility index (Phi) is 8.13. The van der Waals surface area contributed by atoms with Crippen LogP contribution >= 0.6 is 11.6 Å². The van der Waals surface area contributed by atoms with Crippen molar-refractivity contribution in [3.05, 3.63) is 53.6 Å². The van der Waals surface area contributed by atoms with Crippen LogP contribution in [0.5, 0.6) is 5.75 Å². The van der Waals surface area contributed by atoms with Gasteiger partial charge >= 0.3 is 0 Å². The lowest BCUT2D eigenvalue weighted by Crippen LogP contribution is -2.21. The number of benzene rings is 2. The van der Waals surface area contributed by atoms with Crippen LogP contribution in [0.25, 0.3) is 0 Å². The highest BCUT2D eigenvalue weighted by atomic mass is 35.5. The van der Waals surface area contributed by atoms with E-state index in [2.05, 4.69) is 17.6 Å². The van der Waals surface area contributed by atoms with Gasteiger partial charge in [-0.15, -0.1) is 0 Å². The van der Waals surface area contributed by atoms with Crippen molar-refractivity contribution < 1.29 is 9.53 Å². The molecule has 0 saturated carbocycles. The van der Waals surface area contributed by atoms with Crippen molar-refractivity contribution in [3.8, 4) is 5.75 Å². The normalized spacial score (nSPS) is 10.3. The summed E-state index contributed by atoms with van der Waals surface area (Å²) in [6.07, 6.45) is 4.77. The number of unbranched alkanes of at least 4 members (excludes halogenated alkanes) is 3. The van der Waals surface area contributed by atoms with Crippen LogP contribution in [-0.2, 0) is 4.79 Å². The van der Waals surface area contributed by atoms with Crippen LogP contribution in [0.1, 0.15) is 32.6 Å². The molecule has 0 radical (unpaired) electrons. The fraction of sp³-hybridized carbons (Fsp3) is 0.350. The summed E-state index contributed by atoms with van der Waals surface area (Å²) in [7, 11) is 0. The molecule has 0 heterocycles. The minimum atomic E-state index is -0.126. The zero-order valence-electron chi connectivity index (χ0n) is 14.6. The Morgan fingerprint density at radius 3 is 2.56 bits per heavy atom. The number of amides is 1. The molecule has 0 bridgehead atoms. The quantitative estimate of drug-likeness (QED) is 0.561. The fourth-order valence-electron chi connectivity index (χ4n) is 2.34. The lowest BCUT2D eigenvalue weighted by atomic mass is 10.2. The Bertz CT molecular complexity index is 659. The van der Waals surface area contributed by atoms with E-state index in [0.29, 0.717) is 10.7 Å². The molecule has 2 rings (SSSR count). The van der Waals surface area contributed by atoms with Crippen LogP contribution in [0.4, 0.5) is 11.4 Å². The van der Waals surface area contributed by atoms with E-state index < -0.39 is 0 Å². The van der Waals surface area contributed by atoms with Crippen molar-refractivity contribution in [1.82, 2.24) is 0 Å². The second kappa shape index (κ2) is 10.6. The summed E-state index contributed by atoms with van der Waals surface area (Å²) in [5.74, 6) is 0.726. The predicted molar refractivity (Wildman–Crippen MR) is 105 cm³/mol. The molecule has 5 heteroatoms. The molecule has 2 aromatic rings. The maximum atomic E-state index is 12.0. The number of ether oxygens (including phenoxy) is 1. The lowest BCUT2D eigenvalue weighted by molar-refractivity contribution is -0.114. The first-order valence-corrected chi connectivity index (χ1v) is 9.07. The molecule has 0 spiro atoms. The van der Waals surface area contributed by atoms with Crippen molar-refractivity contribution in [1.29, 1.82) is 0 Å². The van der Waals surface area contributed by atoms with Gasteiger partial charge < -0.3 is 15.4 Å². The summed E-state index contributed by atoms with van der Waals surface area (Å²) >= 11 is 5.90. The van der Waals surface area contributed by atoms with Crippen molar-refractivity contribution in [3.63, 3.8) is 0 Å². The molecular formula is C20H25ClN2O2. The number of hydrogen-bond acceptors (Lipinski definition) is 3. The average molecular weight is 361 g/mol. The van der Waals surface area contributed by atoms with E-state index >= 15 is 0 Å². The third-order valence-electron chi connectivity index (χ3n) is 3.68. The first kappa shape index (κ1) is 19.1. The number of carbonyl (C=O) groups is 1. The molecule has 0 aliphatic carbocycles. The van der Waals surface area contributed by atoms with Crippen LogP contribution < -0.4 is 15.4 Å². The van der Waals surface area contributed by atoms with Crippen LogP contribution in [0.15, 0.2) is 48.5 Å². The third-order valence-corrected chi connectivity index (χ3v) is 3.92. The van der Waals surface area contributed by atoms with Crippen molar-refractivity contribution in [2.24, 2.45) is 0 Å². The maximum Gasteiger partial charge on any atom is 0.243 e. The summed E-state index contributed by atoms with van der Waals surface area (Å²) in [5.41, 5.74) is 1.56. The van der Waals surface area contributed by atoms with Gasteiger partial charge in [0.15, 0.2) is 0 Å².